The second-order valence-corrected chi connectivity index (χ2v) is 5.11. The van der Waals surface area contributed by atoms with Gasteiger partial charge in [-0.2, -0.15) is 0 Å². The Morgan fingerprint density at radius 1 is 1.14 bits per heavy atom. The summed E-state index contributed by atoms with van der Waals surface area (Å²) < 4.78 is 5.08. The molecule has 3 rings (SSSR count). The van der Waals surface area contributed by atoms with Crippen LogP contribution in [0.2, 0.25) is 0 Å². The first kappa shape index (κ1) is 14.1. The predicted molar refractivity (Wildman–Crippen MR) is 84.2 cm³/mol. The quantitative estimate of drug-likeness (QED) is 0.885. The summed E-state index contributed by atoms with van der Waals surface area (Å²) in [5.41, 5.74) is 2.15. The highest BCUT2D eigenvalue weighted by Crippen LogP contribution is 2.36. The molecule has 1 N–H and O–H groups in total. The summed E-state index contributed by atoms with van der Waals surface area (Å²) in [6.07, 6.45) is 0. The second kappa shape index (κ2) is 5.52. The van der Waals surface area contributed by atoms with Crippen LogP contribution >= 0.6 is 0 Å². The topological polar surface area (TPSA) is 58.6 Å². The van der Waals surface area contributed by atoms with E-state index >= 15 is 0 Å². The molecule has 0 saturated carbocycles. The number of carbonyl (C=O) groups is 2. The van der Waals surface area contributed by atoms with Crippen molar-refractivity contribution in [1.82, 2.24) is 0 Å². The van der Waals surface area contributed by atoms with E-state index in [2.05, 4.69) is 5.32 Å². The van der Waals surface area contributed by atoms with Gasteiger partial charge in [0, 0.05) is 18.4 Å². The first-order valence-electron chi connectivity index (χ1n) is 6.93. The average Bonchev–Trinajstić information content (AvgIpc) is 2.80. The smallest absolute Gasteiger partial charge is 0.243 e. The molecule has 5 heteroatoms. The zero-order chi connectivity index (χ0) is 15.7. The SMILES string of the molecule is COc1ccc(NC(=O)C2C(=O)N(C)c3ccccc32)cc1. The molecule has 0 saturated heterocycles. The van der Waals surface area contributed by atoms with Crippen LogP contribution in [0.3, 0.4) is 0 Å². The molecule has 0 bridgehead atoms. The summed E-state index contributed by atoms with van der Waals surface area (Å²) in [7, 11) is 3.26. The third-order valence-electron chi connectivity index (χ3n) is 3.81. The van der Waals surface area contributed by atoms with Crippen molar-refractivity contribution in [3.8, 4) is 5.75 Å². The van der Waals surface area contributed by atoms with Gasteiger partial charge in [0.05, 0.1) is 7.11 Å². The molecule has 1 atom stereocenters. The maximum absolute atomic E-state index is 12.5. The number of fused-ring (bicyclic) bond motifs is 1. The summed E-state index contributed by atoms with van der Waals surface area (Å²) in [5, 5.41) is 2.79. The maximum atomic E-state index is 12.5. The standard InChI is InChI=1S/C17H16N2O3/c1-19-14-6-4-3-5-13(14)15(17(19)21)16(20)18-11-7-9-12(22-2)10-8-11/h3-10,15H,1-2H3,(H,18,20). The normalized spacial score (nSPS) is 16.4. The van der Waals surface area contributed by atoms with Crippen LogP contribution in [0, 0.1) is 0 Å². The number of hydrogen-bond donors (Lipinski definition) is 1. The van der Waals surface area contributed by atoms with E-state index < -0.39 is 5.92 Å². The Balaban J connectivity index is 1.84. The lowest BCUT2D eigenvalue weighted by molar-refractivity contribution is -0.126. The molecule has 0 aromatic heterocycles. The number of ether oxygens (including phenoxy) is 1. The van der Waals surface area contributed by atoms with Crippen molar-refractivity contribution >= 4 is 23.2 Å². The minimum Gasteiger partial charge on any atom is -0.497 e. The molecule has 1 aliphatic heterocycles. The minimum atomic E-state index is -0.802. The molecule has 0 aliphatic carbocycles. The number of likely N-dealkylation sites (N-methyl/N-ethyl adjacent to an activating group) is 1. The van der Waals surface area contributed by atoms with Gasteiger partial charge in [-0.15, -0.1) is 0 Å². The number of benzene rings is 2. The maximum Gasteiger partial charge on any atom is 0.243 e. The fourth-order valence-corrected chi connectivity index (χ4v) is 2.62. The van der Waals surface area contributed by atoms with Gasteiger partial charge >= 0.3 is 0 Å². The van der Waals surface area contributed by atoms with Gasteiger partial charge < -0.3 is 15.0 Å². The van der Waals surface area contributed by atoms with E-state index in [9.17, 15) is 9.59 Å². The van der Waals surface area contributed by atoms with E-state index in [0.717, 1.165) is 11.3 Å². The molecule has 2 aromatic rings. The molecule has 0 fully saturated rings. The number of nitrogens with zero attached hydrogens (tertiary/aromatic N) is 1. The van der Waals surface area contributed by atoms with E-state index in [1.807, 2.05) is 24.3 Å². The lowest BCUT2D eigenvalue weighted by atomic mass is 10.00. The van der Waals surface area contributed by atoms with E-state index in [0.29, 0.717) is 11.4 Å². The Morgan fingerprint density at radius 3 is 2.50 bits per heavy atom. The monoisotopic (exact) mass is 296 g/mol. The third kappa shape index (κ3) is 2.30. The van der Waals surface area contributed by atoms with Crippen molar-refractivity contribution in [2.24, 2.45) is 0 Å². The predicted octanol–water partition coefficient (Wildman–Crippen LogP) is 2.39. The zero-order valence-electron chi connectivity index (χ0n) is 12.4. The van der Waals surface area contributed by atoms with Crippen LogP contribution in [-0.4, -0.2) is 26.0 Å². The zero-order valence-corrected chi connectivity index (χ0v) is 12.4. The van der Waals surface area contributed by atoms with Crippen molar-refractivity contribution in [2.75, 3.05) is 24.4 Å². The summed E-state index contributed by atoms with van der Waals surface area (Å²) in [6, 6.07) is 14.3. The lowest BCUT2D eigenvalue weighted by Gasteiger charge is -2.12. The number of anilines is 2. The van der Waals surface area contributed by atoms with Crippen LogP contribution in [0.5, 0.6) is 5.75 Å². The van der Waals surface area contributed by atoms with Gasteiger partial charge in [0.25, 0.3) is 0 Å². The molecule has 1 heterocycles. The number of carbonyl (C=O) groups excluding carboxylic acids is 2. The fourth-order valence-electron chi connectivity index (χ4n) is 2.62. The number of amides is 2. The first-order chi connectivity index (χ1) is 10.6. The van der Waals surface area contributed by atoms with Crippen molar-refractivity contribution in [3.63, 3.8) is 0 Å². The largest absolute Gasteiger partial charge is 0.497 e. The van der Waals surface area contributed by atoms with Crippen LogP contribution in [-0.2, 0) is 9.59 Å². The summed E-state index contributed by atoms with van der Waals surface area (Å²) in [4.78, 5) is 26.4. The molecule has 0 radical (unpaired) electrons. The van der Waals surface area contributed by atoms with Crippen LogP contribution < -0.4 is 15.0 Å². The fraction of sp³-hybridized carbons (Fsp3) is 0.176. The molecule has 1 aliphatic rings. The highest BCUT2D eigenvalue weighted by Gasteiger charge is 2.39. The van der Waals surface area contributed by atoms with Gasteiger partial charge in [-0.05, 0) is 35.9 Å². The molecule has 1 unspecified atom stereocenters. The Bertz CT molecular complexity index is 725. The summed E-state index contributed by atoms with van der Waals surface area (Å²) in [5.74, 6) is -0.637. The van der Waals surface area contributed by atoms with Crippen molar-refractivity contribution < 1.29 is 14.3 Å². The molecule has 2 aromatic carbocycles. The van der Waals surface area contributed by atoms with E-state index in [-0.39, 0.29) is 11.8 Å². The van der Waals surface area contributed by atoms with Crippen LogP contribution in [0.15, 0.2) is 48.5 Å². The van der Waals surface area contributed by atoms with Gasteiger partial charge in [0.2, 0.25) is 11.8 Å². The van der Waals surface area contributed by atoms with Crippen molar-refractivity contribution in [3.05, 3.63) is 54.1 Å². The highest BCUT2D eigenvalue weighted by molar-refractivity contribution is 6.20. The highest BCUT2D eigenvalue weighted by atomic mass is 16.5. The van der Waals surface area contributed by atoms with Gasteiger partial charge in [-0.25, -0.2) is 0 Å². The Labute approximate surface area is 128 Å². The summed E-state index contributed by atoms with van der Waals surface area (Å²) in [6.45, 7) is 0. The van der Waals surface area contributed by atoms with Crippen molar-refractivity contribution in [1.29, 1.82) is 0 Å². The summed E-state index contributed by atoms with van der Waals surface area (Å²) >= 11 is 0. The minimum absolute atomic E-state index is 0.216. The Kier molecular flexibility index (Phi) is 3.55. The van der Waals surface area contributed by atoms with Crippen molar-refractivity contribution in [2.45, 2.75) is 5.92 Å². The number of nitrogens with one attached hydrogen (secondary N) is 1. The molecule has 2 amide bonds. The average molecular weight is 296 g/mol. The van der Waals surface area contributed by atoms with Gasteiger partial charge in [-0.3, -0.25) is 9.59 Å². The number of methoxy groups -OCH3 is 1. The number of hydrogen-bond acceptors (Lipinski definition) is 3. The van der Waals surface area contributed by atoms with E-state index in [1.54, 1.807) is 38.4 Å². The van der Waals surface area contributed by atoms with E-state index in [1.165, 1.54) is 4.90 Å². The third-order valence-corrected chi connectivity index (χ3v) is 3.81. The molecular weight excluding hydrogens is 280 g/mol. The van der Waals surface area contributed by atoms with Gasteiger partial charge in [0.15, 0.2) is 0 Å². The molecule has 5 nitrogen and oxygen atoms in total. The van der Waals surface area contributed by atoms with Gasteiger partial charge in [0.1, 0.15) is 11.7 Å². The van der Waals surface area contributed by atoms with Crippen LogP contribution in [0.4, 0.5) is 11.4 Å². The molecule has 112 valence electrons. The first-order valence-corrected chi connectivity index (χ1v) is 6.93. The lowest BCUT2D eigenvalue weighted by Crippen LogP contribution is -2.31. The van der Waals surface area contributed by atoms with Crippen LogP contribution in [0.25, 0.3) is 0 Å². The van der Waals surface area contributed by atoms with Crippen LogP contribution in [0.1, 0.15) is 11.5 Å². The molecule has 22 heavy (non-hydrogen) atoms. The number of para-hydroxylation sites is 1. The molecule has 0 spiro atoms. The Morgan fingerprint density at radius 2 is 1.82 bits per heavy atom. The Hall–Kier alpha value is -2.82. The second-order valence-electron chi connectivity index (χ2n) is 5.11. The van der Waals surface area contributed by atoms with E-state index in [4.69, 9.17) is 4.74 Å². The molecular formula is C17H16N2O3. The number of rotatable bonds is 3. The van der Waals surface area contributed by atoms with Gasteiger partial charge in [-0.1, -0.05) is 18.2 Å².